The lowest BCUT2D eigenvalue weighted by Gasteiger charge is -2.35. The minimum absolute atomic E-state index is 0.117. The van der Waals surface area contributed by atoms with Gasteiger partial charge in [-0.15, -0.1) is 0 Å². The number of nitrogens with one attached hydrogen (secondary N) is 2. The van der Waals surface area contributed by atoms with Gasteiger partial charge in [-0.3, -0.25) is 4.79 Å². The molecule has 0 aromatic heterocycles. The van der Waals surface area contributed by atoms with Crippen LogP contribution >= 0.6 is 0 Å². The second-order valence-electron chi connectivity index (χ2n) is 5.74. The maximum Gasteiger partial charge on any atom is 0.228 e. The molecule has 5 nitrogen and oxygen atoms in total. The molecule has 2 fully saturated rings. The third-order valence-electron chi connectivity index (χ3n) is 4.05. The van der Waals surface area contributed by atoms with Gasteiger partial charge in [0.05, 0.1) is 18.6 Å². The molecule has 1 aliphatic heterocycles. The zero-order chi connectivity index (χ0) is 13.6. The van der Waals surface area contributed by atoms with Crippen molar-refractivity contribution in [1.29, 1.82) is 0 Å². The van der Waals surface area contributed by atoms with Crippen LogP contribution in [0.15, 0.2) is 0 Å². The third-order valence-corrected chi connectivity index (χ3v) is 4.05. The Morgan fingerprint density at radius 1 is 1.37 bits per heavy atom. The molecule has 1 aliphatic carbocycles. The average molecular weight is 270 g/mol. The van der Waals surface area contributed by atoms with Crippen LogP contribution in [-0.2, 0) is 14.3 Å². The topological polar surface area (TPSA) is 59.6 Å². The number of hydrogen-bond donors (Lipinski definition) is 2. The van der Waals surface area contributed by atoms with Crippen LogP contribution in [0.2, 0.25) is 0 Å². The Morgan fingerprint density at radius 3 is 2.74 bits per heavy atom. The summed E-state index contributed by atoms with van der Waals surface area (Å²) in [6, 6.07) is 0. The van der Waals surface area contributed by atoms with Crippen molar-refractivity contribution < 1.29 is 14.3 Å². The molecule has 1 heterocycles. The van der Waals surface area contributed by atoms with Crippen LogP contribution in [-0.4, -0.2) is 52.5 Å². The molecule has 1 amide bonds. The molecule has 0 unspecified atom stereocenters. The van der Waals surface area contributed by atoms with Crippen LogP contribution in [0.5, 0.6) is 0 Å². The van der Waals surface area contributed by atoms with E-state index in [0.29, 0.717) is 19.8 Å². The fourth-order valence-corrected chi connectivity index (χ4v) is 2.58. The summed E-state index contributed by atoms with van der Waals surface area (Å²) in [6.45, 7) is 4.34. The number of rotatable bonds is 8. The summed E-state index contributed by atoms with van der Waals surface area (Å²) in [5.74, 6) is 0.894. The van der Waals surface area contributed by atoms with E-state index in [-0.39, 0.29) is 11.3 Å². The number of carbonyl (C=O) groups excluding carboxylic acids is 1. The minimum Gasteiger partial charge on any atom is -0.384 e. The molecule has 0 atom stereocenters. The lowest BCUT2D eigenvalue weighted by molar-refractivity contribution is -0.136. The predicted octanol–water partition coefficient (Wildman–Crippen LogP) is 0.545. The van der Waals surface area contributed by atoms with E-state index in [9.17, 15) is 4.79 Å². The smallest absolute Gasteiger partial charge is 0.228 e. The normalized spacial score (nSPS) is 22.2. The molecule has 2 N–H and O–H groups in total. The molecule has 0 radical (unpaired) electrons. The highest BCUT2D eigenvalue weighted by Gasteiger charge is 2.39. The molecule has 0 bridgehead atoms. The first-order valence-electron chi connectivity index (χ1n) is 7.32. The molecule has 0 aromatic carbocycles. The van der Waals surface area contributed by atoms with Crippen LogP contribution in [0.3, 0.4) is 0 Å². The lowest BCUT2D eigenvalue weighted by atomic mass is 9.78. The van der Waals surface area contributed by atoms with Crippen LogP contribution in [0.4, 0.5) is 0 Å². The van der Waals surface area contributed by atoms with Crippen molar-refractivity contribution in [2.24, 2.45) is 11.3 Å². The minimum atomic E-state index is -0.351. The van der Waals surface area contributed by atoms with E-state index in [2.05, 4.69) is 10.6 Å². The van der Waals surface area contributed by atoms with Crippen molar-refractivity contribution in [3.05, 3.63) is 0 Å². The largest absolute Gasteiger partial charge is 0.384 e. The van der Waals surface area contributed by atoms with E-state index in [1.165, 1.54) is 12.8 Å². The number of methoxy groups -OCH3 is 1. The fourth-order valence-electron chi connectivity index (χ4n) is 2.58. The molecule has 5 heteroatoms. The second-order valence-corrected chi connectivity index (χ2v) is 5.74. The summed E-state index contributed by atoms with van der Waals surface area (Å²) in [6.07, 6.45) is 4.29. The van der Waals surface area contributed by atoms with E-state index in [1.807, 2.05) is 0 Å². The zero-order valence-corrected chi connectivity index (χ0v) is 11.9. The van der Waals surface area contributed by atoms with Gasteiger partial charge in [0.1, 0.15) is 0 Å². The van der Waals surface area contributed by atoms with Crippen LogP contribution in [0.1, 0.15) is 25.7 Å². The summed E-state index contributed by atoms with van der Waals surface area (Å²) in [5, 5.41) is 6.29. The number of carbonyl (C=O) groups is 1. The van der Waals surface area contributed by atoms with Crippen molar-refractivity contribution in [3.63, 3.8) is 0 Å². The van der Waals surface area contributed by atoms with Gasteiger partial charge in [0.15, 0.2) is 0 Å². The average Bonchev–Trinajstić information content (AvgIpc) is 3.23. The van der Waals surface area contributed by atoms with Gasteiger partial charge in [0.2, 0.25) is 5.91 Å². The van der Waals surface area contributed by atoms with Crippen molar-refractivity contribution >= 4 is 5.91 Å². The molecular formula is C14H26N2O3. The summed E-state index contributed by atoms with van der Waals surface area (Å²) in [5.41, 5.74) is -0.351. The maximum atomic E-state index is 12.3. The SMILES string of the molecule is COCC1(C(=O)NCCOCC2CC2)CCNCC1. The van der Waals surface area contributed by atoms with Crippen molar-refractivity contribution in [2.45, 2.75) is 25.7 Å². The quantitative estimate of drug-likeness (QED) is 0.632. The van der Waals surface area contributed by atoms with Gasteiger partial charge in [-0.1, -0.05) is 0 Å². The van der Waals surface area contributed by atoms with Crippen molar-refractivity contribution in [1.82, 2.24) is 10.6 Å². The van der Waals surface area contributed by atoms with Crippen LogP contribution in [0, 0.1) is 11.3 Å². The van der Waals surface area contributed by atoms with Gasteiger partial charge in [-0.25, -0.2) is 0 Å². The standard InChI is InChI=1S/C14H26N2O3/c1-18-11-14(4-6-15-7-5-14)13(17)16-8-9-19-10-12-2-3-12/h12,15H,2-11H2,1H3,(H,16,17). The highest BCUT2D eigenvalue weighted by Crippen LogP contribution is 2.29. The lowest BCUT2D eigenvalue weighted by Crippen LogP contribution is -2.50. The number of hydrogen-bond acceptors (Lipinski definition) is 4. The maximum absolute atomic E-state index is 12.3. The fraction of sp³-hybridized carbons (Fsp3) is 0.929. The molecular weight excluding hydrogens is 244 g/mol. The Balaban J connectivity index is 1.68. The summed E-state index contributed by atoms with van der Waals surface area (Å²) < 4.78 is 10.8. The molecule has 110 valence electrons. The van der Waals surface area contributed by atoms with E-state index >= 15 is 0 Å². The Morgan fingerprint density at radius 2 is 2.11 bits per heavy atom. The number of amides is 1. The van der Waals surface area contributed by atoms with E-state index in [4.69, 9.17) is 9.47 Å². The van der Waals surface area contributed by atoms with Crippen LogP contribution in [0.25, 0.3) is 0 Å². The van der Waals surface area contributed by atoms with Gasteiger partial charge in [0, 0.05) is 20.3 Å². The van der Waals surface area contributed by atoms with Crippen molar-refractivity contribution in [2.75, 3.05) is 46.6 Å². The number of piperidine rings is 1. The molecule has 2 rings (SSSR count). The van der Waals surface area contributed by atoms with Crippen LogP contribution < -0.4 is 10.6 Å². The van der Waals surface area contributed by atoms with Crippen molar-refractivity contribution in [3.8, 4) is 0 Å². The summed E-state index contributed by atoms with van der Waals surface area (Å²) in [7, 11) is 1.66. The van der Waals surface area contributed by atoms with E-state index in [0.717, 1.165) is 38.5 Å². The first-order chi connectivity index (χ1) is 9.27. The molecule has 0 spiro atoms. The Labute approximate surface area is 115 Å². The first-order valence-corrected chi connectivity index (χ1v) is 7.32. The van der Waals surface area contributed by atoms with Gasteiger partial charge in [-0.2, -0.15) is 0 Å². The zero-order valence-electron chi connectivity index (χ0n) is 11.9. The van der Waals surface area contributed by atoms with E-state index < -0.39 is 0 Å². The van der Waals surface area contributed by atoms with Gasteiger partial charge >= 0.3 is 0 Å². The molecule has 1 saturated heterocycles. The predicted molar refractivity (Wildman–Crippen MR) is 73.0 cm³/mol. The molecule has 19 heavy (non-hydrogen) atoms. The molecule has 2 aliphatic rings. The van der Waals surface area contributed by atoms with Gasteiger partial charge < -0.3 is 20.1 Å². The Hall–Kier alpha value is -0.650. The highest BCUT2D eigenvalue weighted by molar-refractivity contribution is 5.83. The van der Waals surface area contributed by atoms with Gasteiger partial charge in [-0.05, 0) is 44.7 Å². The Bertz CT molecular complexity index is 281. The Kier molecular flexibility index (Phi) is 5.60. The van der Waals surface area contributed by atoms with Gasteiger partial charge in [0.25, 0.3) is 0 Å². The third kappa shape index (κ3) is 4.44. The van der Waals surface area contributed by atoms with E-state index in [1.54, 1.807) is 7.11 Å². The monoisotopic (exact) mass is 270 g/mol. The molecule has 1 saturated carbocycles. The summed E-state index contributed by atoms with van der Waals surface area (Å²) in [4.78, 5) is 12.3. The first kappa shape index (κ1) is 14.8. The second kappa shape index (κ2) is 7.22. The summed E-state index contributed by atoms with van der Waals surface area (Å²) >= 11 is 0. The molecule has 0 aromatic rings. The highest BCUT2D eigenvalue weighted by atomic mass is 16.5. The number of ether oxygens (including phenoxy) is 2.